The van der Waals surface area contributed by atoms with Gasteiger partial charge in [0.2, 0.25) is 59.3 Å². The molecule has 0 aliphatic carbocycles. The van der Waals surface area contributed by atoms with E-state index in [9.17, 15) is 79.1 Å². The predicted octanol–water partition coefficient (Wildman–Crippen LogP) is 0.583. The number of phenolic OH excluding ortho intramolecular Hbond substituents is 3. The molecular formula is C81H89Cl3FN15O26. The van der Waals surface area contributed by atoms with E-state index < -0.39 is 277 Å². The molecule has 18 atom stereocenters. The second-order valence-corrected chi connectivity index (χ2v) is 32.2. The molecule has 0 saturated carbocycles. The van der Waals surface area contributed by atoms with Crippen molar-refractivity contribution in [2.45, 2.75) is 169 Å². The van der Waals surface area contributed by atoms with Crippen molar-refractivity contribution in [3.05, 3.63) is 174 Å². The number of nitrogens with two attached hydrogens (primary N) is 2. The maximum atomic E-state index is 16.3. The van der Waals surface area contributed by atoms with Gasteiger partial charge in [-0.1, -0.05) is 72.9 Å². The smallest absolute Gasteiger partial charge is 0.349 e. The van der Waals surface area contributed by atoms with Crippen LogP contribution in [0.1, 0.15) is 111 Å². The van der Waals surface area contributed by atoms with E-state index in [1.165, 1.54) is 49.0 Å². The first-order chi connectivity index (χ1) is 59.7. The standard InChI is InChI=1S/C81H89Cl3FN15O26/c1-31(2)18-45(88-5)71(112)96-62-64(107)35-8-12-49(42(83)22-35)122-51-24-37-25-52(68(51)126-78-69(67(110)66(109)53(30-101)124-78)125-57-29-81(4,70(111)32(3)121-57)89-15-17-100-16-14-55(92-80(100)120)91-56(106)20-33-6-10-41(82)44(85)19-33)123-50-13-9-36(23-43(50)84)65(108)63-76(117)95-61(77(118)98-99-79(87)119)40-26-38(102)27-48(104)58(40)39-21-34(7-11-47(39)103)59(73(114)97-63)94-74(115)60(37)93-72(113)46(28-54(86)105)90-75(62)116/h6-14,16,19,21-27,31-32,45-46,53,57,59-67,69-70,78,88-89,101-104,107-111H,15,17-18,20,28-30H2,1-5H3,(H2,86,105)(H,90,116)(H,93,113)(H,94,115)(H,95,117)(H,96,112)(H,97,114)(H,98,118)(H3,87,99,119)(H,91,92,106,120)/t32?,45?,46?,53?,57?,59?,60?,61-,62?,63?,64?,65?,66?,67?,69?,70?,78?,81-/m1/s1. The molecule has 0 spiro atoms. The van der Waals surface area contributed by atoms with Gasteiger partial charge >= 0.3 is 11.7 Å². The average molecular weight is 1810 g/mol. The van der Waals surface area contributed by atoms with Gasteiger partial charge in [0.05, 0.1) is 52.8 Å². The molecule has 41 nitrogen and oxygen atoms in total. The Morgan fingerprint density at radius 1 is 0.706 bits per heavy atom. The lowest BCUT2D eigenvalue weighted by atomic mass is 9.85. The molecule has 24 N–H and O–H groups in total. The minimum atomic E-state index is -2.43. The summed E-state index contributed by atoms with van der Waals surface area (Å²) in [7, 11) is 1.46. The first-order valence-corrected chi connectivity index (χ1v) is 40.2. The van der Waals surface area contributed by atoms with Gasteiger partial charge in [-0.3, -0.25) is 53.1 Å². The lowest BCUT2D eigenvalue weighted by molar-refractivity contribution is -0.334. The van der Waals surface area contributed by atoms with Crippen LogP contribution in [-0.4, -0.2) is 214 Å². The predicted molar refractivity (Wildman–Crippen MR) is 439 cm³/mol. The number of benzene rings is 6. The quantitative estimate of drug-likeness (QED) is 0.0464. The van der Waals surface area contributed by atoms with E-state index in [4.69, 9.17) is 74.7 Å². The van der Waals surface area contributed by atoms with Crippen LogP contribution in [0.2, 0.25) is 15.1 Å². The third-order valence-corrected chi connectivity index (χ3v) is 22.3. The Bertz CT molecular complexity index is 5470. The number of urea groups is 1. The number of ether oxygens (including phenoxy) is 6. The number of nitrogens with zero attached hydrogens (tertiary/aromatic N) is 2. The zero-order valence-electron chi connectivity index (χ0n) is 67.3. The van der Waals surface area contributed by atoms with Crippen molar-refractivity contribution in [2.24, 2.45) is 17.4 Å². The number of fused-ring (bicyclic) bond motifs is 15. The number of primary amides is 2. The molecule has 1 aromatic heterocycles. The van der Waals surface area contributed by atoms with Crippen molar-refractivity contribution in [1.82, 2.24) is 62.9 Å². The number of nitrogens with one attached hydrogen (secondary N) is 11. The number of hydrazine groups is 1. The number of halogens is 4. The maximum Gasteiger partial charge on any atom is 0.349 e. The van der Waals surface area contributed by atoms with Gasteiger partial charge in [0, 0.05) is 48.4 Å². The number of amides is 11. The summed E-state index contributed by atoms with van der Waals surface area (Å²) in [5.41, 5.74) is 9.83. The number of anilines is 1. The van der Waals surface area contributed by atoms with Gasteiger partial charge in [0.15, 0.2) is 23.9 Å². The molecule has 672 valence electrons. The Hall–Kier alpha value is -12.1. The van der Waals surface area contributed by atoms with Gasteiger partial charge in [-0.05, 0) is 139 Å². The number of phenols is 3. The zero-order valence-corrected chi connectivity index (χ0v) is 69.5. The average Bonchev–Trinajstić information content (AvgIpc) is 0.764. The molecular weight excluding hydrogens is 1720 g/mol. The van der Waals surface area contributed by atoms with Crippen LogP contribution in [-0.2, 0) is 70.3 Å². The van der Waals surface area contributed by atoms with E-state index in [1.54, 1.807) is 20.8 Å². The van der Waals surface area contributed by atoms with Crippen LogP contribution >= 0.6 is 34.8 Å². The minimum absolute atomic E-state index is 0.0722. The first kappa shape index (κ1) is 93.0. The molecule has 16 unspecified atom stereocenters. The maximum absolute atomic E-state index is 16.3. The summed E-state index contributed by atoms with van der Waals surface area (Å²) in [6.45, 7) is 5.43. The van der Waals surface area contributed by atoms with Crippen molar-refractivity contribution in [1.29, 1.82) is 0 Å². The zero-order chi connectivity index (χ0) is 91.4. The van der Waals surface area contributed by atoms with Gasteiger partial charge in [-0.25, -0.2) is 19.4 Å². The summed E-state index contributed by atoms with van der Waals surface area (Å²) in [4.78, 5) is 162. The Kier molecular flexibility index (Phi) is 28.9. The number of likely N-dealkylation sites (N-methyl/N-ethyl adjacent to an activating group) is 1. The molecule has 6 aromatic carbocycles. The van der Waals surface area contributed by atoms with Crippen molar-refractivity contribution in [3.8, 4) is 57.1 Å². The monoisotopic (exact) mass is 1810 g/mol. The molecule has 8 heterocycles. The molecule has 11 bridgehead atoms. The summed E-state index contributed by atoms with van der Waals surface area (Å²) in [5, 5.41) is 129. The fourth-order valence-corrected chi connectivity index (χ4v) is 15.6. The van der Waals surface area contributed by atoms with Crippen LogP contribution in [0.3, 0.4) is 0 Å². The number of carbonyl (C=O) groups excluding carboxylic acids is 10. The Labute approximate surface area is 729 Å². The van der Waals surface area contributed by atoms with E-state index in [0.717, 1.165) is 78.9 Å². The topological polar surface area (TPSA) is 627 Å². The molecule has 2 saturated heterocycles. The SMILES string of the molecule is CNC(CC(C)C)C(=O)NC1C(=O)NC(CC(N)=O)C(=O)NC2C(=O)NC3C(=O)NC(C(=O)N[C@@H](C(=O)NNC(N)=O)c4cc(O)cc(O)c4-c4cc3ccc4O)C(O)c3ccc(c(Cl)c3)Oc3cc2cc(c3OC2OC(CO)C(O)C(O)C2OC2C[C@@](C)(NCCn3ccc(NC(=O)Cc4ccc(Cl)c(F)c4)nc3=O)C(O)C(C)O2)Oc2ccc(cc2Cl)C1O. The van der Waals surface area contributed by atoms with Crippen LogP contribution < -0.4 is 90.1 Å². The summed E-state index contributed by atoms with van der Waals surface area (Å²) < 4.78 is 54.6. The number of carbonyl (C=O) groups is 10. The molecule has 11 amide bonds. The van der Waals surface area contributed by atoms with Crippen LogP contribution in [0.5, 0.6) is 46.0 Å². The molecule has 2 fully saturated rings. The highest BCUT2D eigenvalue weighted by Crippen LogP contribution is 2.50. The summed E-state index contributed by atoms with van der Waals surface area (Å²) >= 11 is 20.1. The highest BCUT2D eigenvalue weighted by atomic mass is 35.5. The van der Waals surface area contributed by atoms with Gasteiger partial charge < -0.3 is 134 Å². The molecule has 7 aliphatic rings. The molecule has 126 heavy (non-hydrogen) atoms. The number of aliphatic hydroxyl groups excluding tert-OH is 6. The van der Waals surface area contributed by atoms with Crippen molar-refractivity contribution in [3.63, 3.8) is 0 Å². The summed E-state index contributed by atoms with van der Waals surface area (Å²) in [6.07, 6.45) is -18.8. The number of aliphatic hydroxyl groups is 6. The number of hydrogen-bond acceptors (Lipinski definition) is 29. The molecule has 7 aliphatic heterocycles. The van der Waals surface area contributed by atoms with Crippen LogP contribution in [0.4, 0.5) is 15.0 Å². The summed E-state index contributed by atoms with van der Waals surface area (Å²) in [5.74, 6) is -17.8. The Morgan fingerprint density at radius 2 is 1.36 bits per heavy atom. The fourth-order valence-electron chi connectivity index (χ4n) is 15.0. The van der Waals surface area contributed by atoms with Gasteiger partial charge in [-0.2, -0.15) is 4.98 Å². The second-order valence-electron chi connectivity index (χ2n) is 31.0. The molecule has 7 aromatic rings. The Morgan fingerprint density at radius 3 is 1.98 bits per heavy atom. The van der Waals surface area contributed by atoms with E-state index in [1.807, 2.05) is 10.9 Å². The van der Waals surface area contributed by atoms with Crippen LogP contribution in [0.15, 0.2) is 114 Å². The van der Waals surface area contributed by atoms with E-state index in [0.29, 0.717) is 5.56 Å². The third-order valence-electron chi connectivity index (χ3n) is 21.4. The number of aromatic nitrogens is 2. The third kappa shape index (κ3) is 21.0. The number of hydrogen-bond donors (Lipinski definition) is 22. The van der Waals surface area contributed by atoms with E-state index in [2.05, 4.69) is 52.8 Å². The lowest BCUT2D eigenvalue weighted by Gasteiger charge is -2.48. The van der Waals surface area contributed by atoms with E-state index in [-0.39, 0.29) is 60.2 Å². The van der Waals surface area contributed by atoms with Gasteiger partial charge in [0.1, 0.15) is 107 Å². The van der Waals surface area contributed by atoms with Crippen molar-refractivity contribution >= 4 is 99.8 Å². The second kappa shape index (κ2) is 39.2. The molecule has 0 radical (unpaired) electrons. The lowest BCUT2D eigenvalue weighted by Crippen LogP contribution is -2.65. The Balaban J connectivity index is 1.000. The first-order valence-electron chi connectivity index (χ1n) is 39.1. The van der Waals surface area contributed by atoms with Crippen LogP contribution in [0.25, 0.3) is 11.1 Å². The molecule has 45 heteroatoms. The van der Waals surface area contributed by atoms with Crippen LogP contribution in [0, 0.1) is 11.7 Å². The van der Waals surface area contributed by atoms with Crippen molar-refractivity contribution < 1.29 is 127 Å². The minimum Gasteiger partial charge on any atom is -0.508 e. The van der Waals surface area contributed by atoms with E-state index >= 15 is 24.0 Å². The van der Waals surface area contributed by atoms with Gasteiger partial charge in [-0.15, -0.1) is 0 Å². The number of rotatable bonds is 20. The highest BCUT2D eigenvalue weighted by molar-refractivity contribution is 6.32. The largest absolute Gasteiger partial charge is 0.508 e. The number of aromatic hydroxyl groups is 3. The highest BCUT2D eigenvalue weighted by Gasteiger charge is 2.52. The summed E-state index contributed by atoms with van der Waals surface area (Å²) in [6, 6.07) is 2.49. The normalized spacial score (nSPS) is 25.8. The molecule has 14 rings (SSSR count). The fraction of sp³-hybridized carbons (Fsp3) is 0.383. The van der Waals surface area contributed by atoms with Gasteiger partial charge in [0.25, 0.3) is 5.91 Å². The van der Waals surface area contributed by atoms with Crippen molar-refractivity contribution in [2.75, 3.05) is 25.5 Å².